The zero-order valence-corrected chi connectivity index (χ0v) is 13.1. The summed E-state index contributed by atoms with van der Waals surface area (Å²) < 4.78 is 2.82. The number of aromatic nitrogens is 4. The van der Waals surface area contributed by atoms with Crippen molar-refractivity contribution in [1.82, 2.24) is 19.7 Å². The van der Waals surface area contributed by atoms with Gasteiger partial charge in [-0.1, -0.05) is 6.92 Å². The maximum atomic E-state index is 5.36. The van der Waals surface area contributed by atoms with Gasteiger partial charge in [0, 0.05) is 12.0 Å². The zero-order chi connectivity index (χ0) is 13.6. The summed E-state index contributed by atoms with van der Waals surface area (Å²) in [5.74, 6) is 1.64. The Morgan fingerprint density at radius 2 is 2.26 bits per heavy atom. The van der Waals surface area contributed by atoms with Gasteiger partial charge in [0.25, 0.3) is 0 Å². The van der Waals surface area contributed by atoms with Gasteiger partial charge in [-0.15, -0.1) is 11.3 Å². The molecule has 3 rings (SSSR count). The van der Waals surface area contributed by atoms with E-state index in [0.717, 1.165) is 22.8 Å². The second kappa shape index (κ2) is 4.83. The Kier molecular flexibility index (Phi) is 3.30. The maximum Gasteiger partial charge on any atom is 0.195 e. The van der Waals surface area contributed by atoms with Crippen LogP contribution in [-0.2, 0) is 0 Å². The maximum absolute atomic E-state index is 5.36. The highest BCUT2D eigenvalue weighted by Crippen LogP contribution is 2.44. The SMILES string of the molecule is CCC(C)n1c(-c2sc(C3CC3)nc2C)n[nH]c1=S. The van der Waals surface area contributed by atoms with Crippen LogP contribution in [-0.4, -0.2) is 19.7 Å². The number of nitrogens with one attached hydrogen (secondary N) is 1. The number of hydrogen-bond donors (Lipinski definition) is 1. The molecular formula is C13H18N4S2. The van der Waals surface area contributed by atoms with Crippen molar-refractivity contribution in [3.05, 3.63) is 15.5 Å². The van der Waals surface area contributed by atoms with Crippen molar-refractivity contribution in [3.63, 3.8) is 0 Å². The smallest absolute Gasteiger partial charge is 0.195 e. The third kappa shape index (κ3) is 2.27. The summed E-state index contributed by atoms with van der Waals surface area (Å²) >= 11 is 7.14. The van der Waals surface area contributed by atoms with Gasteiger partial charge in [-0.05, 0) is 45.3 Å². The zero-order valence-electron chi connectivity index (χ0n) is 11.4. The van der Waals surface area contributed by atoms with Crippen molar-refractivity contribution in [3.8, 4) is 10.7 Å². The molecule has 0 bridgehead atoms. The summed E-state index contributed by atoms with van der Waals surface area (Å²) in [5, 5.41) is 8.61. The second-order valence-electron chi connectivity index (χ2n) is 5.22. The molecule has 1 saturated carbocycles. The molecule has 0 radical (unpaired) electrons. The van der Waals surface area contributed by atoms with Gasteiger partial charge < -0.3 is 0 Å². The van der Waals surface area contributed by atoms with Crippen LogP contribution in [0.25, 0.3) is 10.7 Å². The minimum Gasteiger partial charge on any atom is -0.297 e. The van der Waals surface area contributed by atoms with Crippen LogP contribution in [0.15, 0.2) is 0 Å². The second-order valence-corrected chi connectivity index (χ2v) is 6.64. The molecule has 2 heterocycles. The number of H-pyrrole nitrogens is 1. The predicted octanol–water partition coefficient (Wildman–Crippen LogP) is 4.22. The Morgan fingerprint density at radius 3 is 2.89 bits per heavy atom. The van der Waals surface area contributed by atoms with Crippen molar-refractivity contribution in [2.45, 2.75) is 52.0 Å². The third-order valence-electron chi connectivity index (χ3n) is 3.68. The van der Waals surface area contributed by atoms with Gasteiger partial charge in [0.2, 0.25) is 0 Å². The van der Waals surface area contributed by atoms with E-state index in [0.29, 0.717) is 16.7 Å². The van der Waals surface area contributed by atoms with E-state index >= 15 is 0 Å². The Hall–Kier alpha value is -1.01. The fraction of sp³-hybridized carbons (Fsp3) is 0.615. The first-order chi connectivity index (χ1) is 9.11. The fourth-order valence-electron chi connectivity index (χ4n) is 2.19. The monoisotopic (exact) mass is 294 g/mol. The Balaban J connectivity index is 2.09. The molecule has 4 nitrogen and oxygen atoms in total. The minimum absolute atomic E-state index is 0.354. The number of aryl methyl sites for hydroxylation is 1. The highest BCUT2D eigenvalue weighted by atomic mass is 32.1. The Morgan fingerprint density at radius 1 is 1.53 bits per heavy atom. The summed E-state index contributed by atoms with van der Waals surface area (Å²) in [6.45, 7) is 6.40. The Bertz CT molecular complexity index is 648. The highest BCUT2D eigenvalue weighted by Gasteiger charge is 2.29. The molecule has 0 aromatic carbocycles. The molecule has 2 aromatic rings. The highest BCUT2D eigenvalue weighted by molar-refractivity contribution is 7.71. The molecule has 1 aliphatic carbocycles. The summed E-state index contributed by atoms with van der Waals surface area (Å²) in [6, 6.07) is 0.354. The molecule has 102 valence electrons. The van der Waals surface area contributed by atoms with E-state index in [9.17, 15) is 0 Å². The average molecular weight is 294 g/mol. The molecule has 1 fully saturated rings. The van der Waals surface area contributed by atoms with E-state index in [1.54, 1.807) is 11.3 Å². The van der Waals surface area contributed by atoms with Crippen LogP contribution < -0.4 is 0 Å². The molecule has 1 unspecified atom stereocenters. The van der Waals surface area contributed by atoms with Crippen molar-refractivity contribution in [1.29, 1.82) is 0 Å². The van der Waals surface area contributed by atoms with Crippen molar-refractivity contribution in [2.24, 2.45) is 0 Å². The number of rotatable bonds is 4. The van der Waals surface area contributed by atoms with Gasteiger partial charge in [0.05, 0.1) is 15.6 Å². The van der Waals surface area contributed by atoms with Crippen molar-refractivity contribution in [2.75, 3.05) is 0 Å². The van der Waals surface area contributed by atoms with Crippen LogP contribution in [0.2, 0.25) is 0 Å². The lowest BCUT2D eigenvalue weighted by atomic mass is 10.2. The summed E-state index contributed by atoms with van der Waals surface area (Å²) in [6.07, 6.45) is 3.60. The van der Waals surface area contributed by atoms with Gasteiger partial charge in [0.1, 0.15) is 0 Å². The normalized spacial score (nSPS) is 16.8. The molecule has 0 saturated heterocycles. The van der Waals surface area contributed by atoms with E-state index < -0.39 is 0 Å². The molecule has 0 amide bonds. The predicted molar refractivity (Wildman–Crippen MR) is 80.2 cm³/mol. The van der Waals surface area contributed by atoms with Gasteiger partial charge in [-0.25, -0.2) is 4.98 Å². The summed E-state index contributed by atoms with van der Waals surface area (Å²) in [4.78, 5) is 5.86. The van der Waals surface area contributed by atoms with Gasteiger partial charge >= 0.3 is 0 Å². The van der Waals surface area contributed by atoms with Crippen LogP contribution in [0.1, 0.15) is 55.8 Å². The Labute approximate surface area is 121 Å². The first-order valence-corrected chi connectivity index (χ1v) is 7.98. The standard InChI is InChI=1S/C13H18N4S2/c1-4-7(2)17-11(15-16-13(17)18)10-8(3)14-12(19-10)9-5-6-9/h7,9H,4-6H2,1-3H3,(H,16,18). The van der Waals surface area contributed by atoms with Crippen molar-refractivity contribution < 1.29 is 0 Å². The van der Waals surface area contributed by atoms with Gasteiger partial charge in [-0.2, -0.15) is 5.10 Å². The molecule has 0 spiro atoms. The minimum atomic E-state index is 0.354. The molecule has 1 atom stereocenters. The van der Waals surface area contributed by atoms with E-state index in [-0.39, 0.29) is 0 Å². The topological polar surface area (TPSA) is 46.5 Å². The lowest BCUT2D eigenvalue weighted by Gasteiger charge is -2.12. The van der Waals surface area contributed by atoms with Gasteiger partial charge in [-0.3, -0.25) is 9.67 Å². The van der Waals surface area contributed by atoms with Gasteiger partial charge in [0.15, 0.2) is 10.6 Å². The first-order valence-electron chi connectivity index (χ1n) is 6.76. The number of nitrogens with zero attached hydrogens (tertiary/aromatic N) is 3. The number of aromatic amines is 1. The third-order valence-corrected chi connectivity index (χ3v) is 5.28. The van der Waals surface area contributed by atoms with E-state index in [1.165, 1.54) is 17.8 Å². The van der Waals surface area contributed by atoms with Crippen LogP contribution in [0.5, 0.6) is 0 Å². The van der Waals surface area contributed by atoms with Crippen LogP contribution in [0.3, 0.4) is 0 Å². The number of hydrogen-bond acceptors (Lipinski definition) is 4. The van der Waals surface area contributed by atoms with E-state index in [1.807, 2.05) is 0 Å². The molecular weight excluding hydrogens is 276 g/mol. The van der Waals surface area contributed by atoms with Crippen molar-refractivity contribution >= 4 is 23.6 Å². The summed E-state index contributed by atoms with van der Waals surface area (Å²) in [5.41, 5.74) is 1.07. The molecule has 19 heavy (non-hydrogen) atoms. The first kappa shape index (κ1) is 13.0. The molecule has 1 aliphatic rings. The summed E-state index contributed by atoms with van der Waals surface area (Å²) in [7, 11) is 0. The van der Waals surface area contributed by atoms with Crippen LogP contribution in [0, 0.1) is 11.7 Å². The quantitative estimate of drug-likeness (QED) is 0.859. The lowest BCUT2D eigenvalue weighted by Crippen LogP contribution is -2.06. The largest absolute Gasteiger partial charge is 0.297 e. The average Bonchev–Trinajstić information content (AvgIpc) is 3.08. The molecule has 0 aliphatic heterocycles. The number of thiazole rings is 1. The molecule has 1 N–H and O–H groups in total. The fourth-order valence-corrected chi connectivity index (χ4v) is 3.72. The van der Waals surface area contributed by atoms with Crippen LogP contribution in [0.4, 0.5) is 0 Å². The van der Waals surface area contributed by atoms with Crippen LogP contribution >= 0.6 is 23.6 Å². The lowest BCUT2D eigenvalue weighted by molar-refractivity contribution is 0.529. The van der Waals surface area contributed by atoms with E-state index in [4.69, 9.17) is 17.2 Å². The molecule has 2 aromatic heterocycles. The molecule has 6 heteroatoms. The van der Waals surface area contributed by atoms with E-state index in [2.05, 4.69) is 35.5 Å².